The molecule has 2 fully saturated rings. The lowest BCUT2D eigenvalue weighted by Crippen LogP contribution is -2.51. The minimum atomic E-state index is -2.78. The van der Waals surface area contributed by atoms with Crippen LogP contribution in [0.15, 0.2) is 0 Å². The molecule has 2 N–H and O–H groups in total. The Kier molecular flexibility index (Phi) is 3.33. The van der Waals surface area contributed by atoms with Crippen molar-refractivity contribution < 1.29 is 8.42 Å². The van der Waals surface area contributed by atoms with E-state index in [9.17, 15) is 8.42 Å². The first-order valence-electron chi connectivity index (χ1n) is 5.77. The Labute approximate surface area is 91.7 Å². The SMILES string of the molecule is NC1CCCN(C2CCCS(=O)(=O)C2)C1. The highest BCUT2D eigenvalue weighted by Gasteiger charge is 2.31. The molecule has 0 aromatic heterocycles. The van der Waals surface area contributed by atoms with Gasteiger partial charge >= 0.3 is 0 Å². The van der Waals surface area contributed by atoms with E-state index in [0.717, 1.165) is 38.8 Å². The van der Waals surface area contributed by atoms with Crippen LogP contribution >= 0.6 is 0 Å². The van der Waals surface area contributed by atoms with Crippen molar-refractivity contribution in [2.24, 2.45) is 5.73 Å². The van der Waals surface area contributed by atoms with E-state index in [1.807, 2.05) is 0 Å². The molecule has 2 aliphatic rings. The van der Waals surface area contributed by atoms with Crippen LogP contribution in [0.4, 0.5) is 0 Å². The molecule has 15 heavy (non-hydrogen) atoms. The molecule has 0 bridgehead atoms. The molecule has 2 rings (SSSR count). The molecule has 0 amide bonds. The third kappa shape index (κ3) is 2.92. The third-order valence-electron chi connectivity index (χ3n) is 3.44. The van der Waals surface area contributed by atoms with Gasteiger partial charge in [-0.25, -0.2) is 8.42 Å². The van der Waals surface area contributed by atoms with E-state index in [1.54, 1.807) is 0 Å². The number of nitrogens with two attached hydrogens (primary N) is 1. The van der Waals surface area contributed by atoms with Gasteiger partial charge in [0.05, 0.1) is 11.5 Å². The second-order valence-corrected chi connectivity index (χ2v) is 7.04. The highest BCUT2D eigenvalue weighted by molar-refractivity contribution is 7.91. The van der Waals surface area contributed by atoms with E-state index < -0.39 is 9.84 Å². The summed E-state index contributed by atoms with van der Waals surface area (Å²) in [5.74, 6) is 0.725. The predicted octanol–water partition coefficient (Wildman–Crippen LogP) is -0.0133. The average Bonchev–Trinajstić information content (AvgIpc) is 2.16. The summed E-state index contributed by atoms with van der Waals surface area (Å²) in [5, 5.41) is 0. The maximum Gasteiger partial charge on any atom is 0.151 e. The van der Waals surface area contributed by atoms with Gasteiger partial charge in [-0.05, 0) is 32.2 Å². The van der Waals surface area contributed by atoms with Crippen LogP contribution in [0.3, 0.4) is 0 Å². The fourth-order valence-corrected chi connectivity index (χ4v) is 4.40. The fraction of sp³-hybridized carbons (Fsp3) is 1.00. The van der Waals surface area contributed by atoms with E-state index in [1.165, 1.54) is 0 Å². The van der Waals surface area contributed by atoms with Gasteiger partial charge in [0.2, 0.25) is 0 Å². The van der Waals surface area contributed by atoms with Crippen molar-refractivity contribution in [3.8, 4) is 0 Å². The van der Waals surface area contributed by atoms with E-state index in [4.69, 9.17) is 5.73 Å². The number of hydrogen-bond donors (Lipinski definition) is 1. The van der Waals surface area contributed by atoms with Gasteiger partial charge in [0.15, 0.2) is 9.84 Å². The molecule has 0 aliphatic carbocycles. The summed E-state index contributed by atoms with van der Waals surface area (Å²) >= 11 is 0. The van der Waals surface area contributed by atoms with E-state index in [0.29, 0.717) is 11.5 Å². The maximum absolute atomic E-state index is 11.5. The first-order valence-corrected chi connectivity index (χ1v) is 7.59. The maximum atomic E-state index is 11.5. The molecule has 88 valence electrons. The van der Waals surface area contributed by atoms with Gasteiger partial charge in [-0.3, -0.25) is 4.90 Å². The lowest BCUT2D eigenvalue weighted by Gasteiger charge is -2.38. The summed E-state index contributed by atoms with van der Waals surface area (Å²) in [7, 11) is -2.78. The van der Waals surface area contributed by atoms with Crippen LogP contribution in [0.1, 0.15) is 25.7 Å². The van der Waals surface area contributed by atoms with Crippen molar-refractivity contribution in [2.75, 3.05) is 24.6 Å². The number of nitrogens with zero attached hydrogens (tertiary/aromatic N) is 1. The summed E-state index contributed by atoms with van der Waals surface area (Å²) < 4.78 is 23.1. The number of piperidine rings is 1. The summed E-state index contributed by atoms with van der Waals surface area (Å²) in [5.41, 5.74) is 5.91. The van der Waals surface area contributed by atoms with Crippen molar-refractivity contribution >= 4 is 9.84 Å². The monoisotopic (exact) mass is 232 g/mol. The van der Waals surface area contributed by atoms with Crippen LogP contribution in [-0.4, -0.2) is 50.0 Å². The smallest absolute Gasteiger partial charge is 0.151 e. The number of sulfone groups is 1. The number of rotatable bonds is 1. The highest BCUT2D eigenvalue weighted by Crippen LogP contribution is 2.20. The average molecular weight is 232 g/mol. The zero-order valence-corrected chi connectivity index (χ0v) is 9.88. The van der Waals surface area contributed by atoms with Gasteiger partial charge in [-0.2, -0.15) is 0 Å². The molecule has 0 aromatic carbocycles. The molecule has 0 radical (unpaired) electrons. The van der Waals surface area contributed by atoms with E-state index in [2.05, 4.69) is 4.90 Å². The molecule has 2 unspecified atom stereocenters. The largest absolute Gasteiger partial charge is 0.327 e. The molecule has 0 saturated carbocycles. The topological polar surface area (TPSA) is 63.4 Å². The van der Waals surface area contributed by atoms with Gasteiger partial charge in [-0.1, -0.05) is 0 Å². The van der Waals surface area contributed by atoms with Gasteiger partial charge in [-0.15, -0.1) is 0 Å². The first-order chi connectivity index (χ1) is 7.07. The Morgan fingerprint density at radius 2 is 2.00 bits per heavy atom. The summed E-state index contributed by atoms with van der Waals surface area (Å²) in [4.78, 5) is 2.28. The Bertz CT molecular complexity index is 315. The van der Waals surface area contributed by atoms with Crippen molar-refractivity contribution in [2.45, 2.75) is 37.8 Å². The second-order valence-electron chi connectivity index (χ2n) is 4.81. The van der Waals surface area contributed by atoms with Crippen molar-refractivity contribution in [3.63, 3.8) is 0 Å². The predicted molar refractivity (Wildman–Crippen MR) is 60.5 cm³/mol. The molecule has 4 nitrogen and oxygen atoms in total. The Morgan fingerprint density at radius 3 is 2.67 bits per heavy atom. The van der Waals surface area contributed by atoms with Gasteiger partial charge in [0.1, 0.15) is 0 Å². The molecule has 2 atom stereocenters. The first kappa shape index (κ1) is 11.4. The van der Waals surface area contributed by atoms with Gasteiger partial charge < -0.3 is 5.73 Å². The summed E-state index contributed by atoms with van der Waals surface area (Å²) in [6.07, 6.45) is 4.03. The minimum Gasteiger partial charge on any atom is -0.327 e. The lowest BCUT2D eigenvalue weighted by atomic mass is 10.0. The van der Waals surface area contributed by atoms with Crippen LogP contribution in [0.5, 0.6) is 0 Å². The van der Waals surface area contributed by atoms with Crippen LogP contribution in [-0.2, 0) is 9.84 Å². The second kappa shape index (κ2) is 4.39. The van der Waals surface area contributed by atoms with Crippen molar-refractivity contribution in [3.05, 3.63) is 0 Å². The zero-order valence-electron chi connectivity index (χ0n) is 9.06. The Morgan fingerprint density at radius 1 is 1.20 bits per heavy atom. The van der Waals surface area contributed by atoms with Gasteiger partial charge in [0, 0.05) is 18.6 Å². The Balaban J connectivity index is 1.97. The number of likely N-dealkylation sites (tertiary alicyclic amines) is 1. The lowest BCUT2D eigenvalue weighted by molar-refractivity contribution is 0.151. The molecular weight excluding hydrogens is 212 g/mol. The molecule has 2 heterocycles. The summed E-state index contributed by atoms with van der Waals surface area (Å²) in [6.45, 7) is 1.90. The van der Waals surface area contributed by atoms with Crippen LogP contribution in [0.2, 0.25) is 0 Å². The van der Waals surface area contributed by atoms with Crippen molar-refractivity contribution in [1.29, 1.82) is 0 Å². The normalized spacial score (nSPS) is 37.7. The zero-order chi connectivity index (χ0) is 10.9. The van der Waals surface area contributed by atoms with Crippen LogP contribution in [0, 0.1) is 0 Å². The molecule has 0 spiro atoms. The fourth-order valence-electron chi connectivity index (χ4n) is 2.66. The molecular formula is C10H20N2O2S. The molecule has 0 aromatic rings. The van der Waals surface area contributed by atoms with E-state index in [-0.39, 0.29) is 12.1 Å². The number of hydrogen-bond acceptors (Lipinski definition) is 4. The summed E-state index contributed by atoms with van der Waals surface area (Å²) in [6, 6.07) is 0.471. The van der Waals surface area contributed by atoms with E-state index >= 15 is 0 Å². The third-order valence-corrected chi connectivity index (χ3v) is 5.25. The standard InChI is InChI=1S/C10H20N2O2S/c11-9-3-1-5-12(7-9)10-4-2-6-15(13,14)8-10/h9-10H,1-8,11H2. The van der Waals surface area contributed by atoms with Gasteiger partial charge in [0.25, 0.3) is 0 Å². The quantitative estimate of drug-likeness (QED) is 0.690. The molecule has 5 heteroatoms. The highest BCUT2D eigenvalue weighted by atomic mass is 32.2. The van der Waals surface area contributed by atoms with Crippen LogP contribution in [0.25, 0.3) is 0 Å². The van der Waals surface area contributed by atoms with Crippen molar-refractivity contribution in [1.82, 2.24) is 4.90 Å². The molecule has 2 saturated heterocycles. The minimum absolute atomic E-state index is 0.232. The van der Waals surface area contributed by atoms with Crippen LogP contribution < -0.4 is 5.73 Å². The molecule has 2 aliphatic heterocycles. The Hall–Kier alpha value is -0.130.